The maximum Gasteiger partial charge on any atom is 0.320 e. The van der Waals surface area contributed by atoms with Crippen molar-refractivity contribution >= 4 is 93.1 Å². The molecular formula is C68H46N6O2Si2. The molecular weight excluding hydrogens is 989 g/mol. The molecule has 0 atom stereocenters. The van der Waals surface area contributed by atoms with E-state index in [1.807, 2.05) is 24.3 Å². The zero-order chi connectivity index (χ0) is 51.6. The van der Waals surface area contributed by atoms with Gasteiger partial charge >= 0.3 is 16.8 Å². The summed E-state index contributed by atoms with van der Waals surface area (Å²) in [7, 11) is -7.31. The van der Waals surface area contributed by atoms with Crippen LogP contribution in [-0.2, 0) is 0 Å². The van der Waals surface area contributed by atoms with Crippen LogP contribution in [0.25, 0.3) is 89.2 Å². The first kappa shape index (κ1) is 45.4. The highest BCUT2D eigenvalue weighted by molar-refractivity contribution is 7.38. The highest BCUT2D eigenvalue weighted by Crippen LogP contribution is 2.47. The molecule has 8 nitrogen and oxygen atoms in total. The van der Waals surface area contributed by atoms with Crippen LogP contribution < -0.4 is 29.2 Å². The summed E-state index contributed by atoms with van der Waals surface area (Å²) in [4.78, 5) is 22.8. The van der Waals surface area contributed by atoms with Gasteiger partial charge in [-0.25, -0.2) is 19.9 Å². The summed E-state index contributed by atoms with van der Waals surface area (Å²) in [6.07, 6.45) is 0. The fourth-order valence-electron chi connectivity index (χ4n) is 11.9. The van der Waals surface area contributed by atoms with Gasteiger partial charge in [-0.1, -0.05) is 218 Å². The Bertz CT molecular complexity index is 4140. The Kier molecular flexibility index (Phi) is 10.7. The van der Waals surface area contributed by atoms with Crippen LogP contribution in [-0.4, -0.2) is 36.7 Å². The molecule has 0 saturated carbocycles. The number of anilines is 2. The Hall–Kier alpha value is -10.0. The molecule has 78 heavy (non-hydrogen) atoms. The van der Waals surface area contributed by atoms with Crippen molar-refractivity contribution in [3.63, 3.8) is 0 Å². The van der Waals surface area contributed by atoms with Crippen molar-refractivity contribution < 1.29 is 8.83 Å². The molecule has 1 fully saturated rings. The number of hydrogen-bond acceptors (Lipinski definition) is 8. The number of fused-ring (bicyclic) bond motifs is 6. The van der Waals surface area contributed by atoms with Crippen molar-refractivity contribution in [1.29, 1.82) is 0 Å². The molecule has 10 aromatic carbocycles. The topological polar surface area (TPSA) is 84.3 Å². The minimum Gasteiger partial charge on any atom is -0.456 e. The quantitative estimate of drug-likeness (QED) is 0.125. The number of nitrogens with zero attached hydrogens (tertiary/aromatic N) is 6. The van der Waals surface area contributed by atoms with E-state index >= 15 is 0 Å². The zero-order valence-electron chi connectivity index (χ0n) is 42.1. The number of aromatic nitrogens is 4. The second-order valence-corrected chi connectivity index (χ2v) is 27.4. The summed E-state index contributed by atoms with van der Waals surface area (Å²) in [5.74, 6) is 2.87. The third-order valence-electron chi connectivity index (χ3n) is 15.3. The summed E-state index contributed by atoms with van der Waals surface area (Å²) in [5, 5.41) is 8.80. The summed E-state index contributed by atoms with van der Waals surface area (Å²) in [6, 6.07) is 98.8. The van der Waals surface area contributed by atoms with Gasteiger partial charge in [0, 0.05) is 55.9 Å². The molecule has 15 rings (SSSR count). The molecule has 10 heteroatoms. The standard InChI is InChI=1S/C68H46N6O2Si2/c1-7-23-47(24-8-1)59-45-65(71-67(69-59)49-39-41-63-57(43-49)55-35-19-21-37-61(55)75-63)73-77(51-27-11-3-12-28-51,52-29-13-4-14-30-52)74(78(73,53-31-15-5-16-32-53)54-33-17-6-18-34-54)66-46-60(48-25-9-2-10-26-48)70-68(72-66)50-40-42-64-58(44-50)56-36-20-22-38-62(56)76-64/h1-46H. The molecule has 1 aliphatic rings. The molecule has 5 heterocycles. The average Bonchev–Trinajstić information content (AvgIpc) is 1.32. The molecule has 0 spiro atoms. The van der Waals surface area contributed by atoms with Gasteiger partial charge < -0.3 is 17.3 Å². The molecule has 4 aromatic heterocycles. The highest BCUT2D eigenvalue weighted by atomic mass is 28.5. The number of para-hydroxylation sites is 2. The van der Waals surface area contributed by atoms with Gasteiger partial charge in [0.15, 0.2) is 11.6 Å². The molecule has 0 radical (unpaired) electrons. The van der Waals surface area contributed by atoms with E-state index in [9.17, 15) is 0 Å². The van der Waals surface area contributed by atoms with E-state index in [4.69, 9.17) is 28.8 Å². The molecule has 0 aliphatic carbocycles. The van der Waals surface area contributed by atoms with Gasteiger partial charge in [0.1, 0.15) is 34.0 Å². The van der Waals surface area contributed by atoms with Crippen LogP contribution in [0.5, 0.6) is 0 Å². The van der Waals surface area contributed by atoms with Crippen LogP contribution >= 0.6 is 0 Å². The van der Waals surface area contributed by atoms with Crippen LogP contribution in [0.3, 0.4) is 0 Å². The van der Waals surface area contributed by atoms with E-state index in [-0.39, 0.29) is 0 Å². The van der Waals surface area contributed by atoms with Crippen LogP contribution in [0.1, 0.15) is 0 Å². The van der Waals surface area contributed by atoms with Gasteiger partial charge in [0.25, 0.3) is 0 Å². The SMILES string of the molecule is c1ccc(-c2cc(N3[Si](c4ccccc4)(c4ccccc4)N(c4cc(-c5ccccc5)nc(-c5ccc6oc7ccccc7c6c5)n4)[Si]3(c3ccccc3)c3ccccc3)nc(-c3ccc4oc5ccccc5c4c3)n2)cc1. The van der Waals surface area contributed by atoms with E-state index in [0.29, 0.717) is 11.6 Å². The average molecular weight is 1040 g/mol. The Labute approximate surface area is 452 Å². The third-order valence-corrected chi connectivity index (χ3v) is 27.2. The lowest BCUT2D eigenvalue weighted by Gasteiger charge is -2.71. The Morgan fingerprint density at radius 1 is 0.256 bits per heavy atom. The number of hydrogen-bond donors (Lipinski definition) is 0. The van der Waals surface area contributed by atoms with Crippen molar-refractivity contribution in [2.24, 2.45) is 0 Å². The monoisotopic (exact) mass is 1030 g/mol. The normalized spacial score (nSPS) is 13.8. The summed E-state index contributed by atoms with van der Waals surface area (Å²) < 4.78 is 18.3. The predicted molar refractivity (Wildman–Crippen MR) is 321 cm³/mol. The Morgan fingerprint density at radius 3 is 0.923 bits per heavy atom. The minimum absolute atomic E-state index is 0.614. The van der Waals surface area contributed by atoms with Gasteiger partial charge in [-0.15, -0.1) is 0 Å². The van der Waals surface area contributed by atoms with Gasteiger partial charge in [-0.05, 0) is 69.3 Å². The molecule has 1 aliphatic heterocycles. The van der Waals surface area contributed by atoms with Gasteiger partial charge in [0.05, 0.1) is 11.4 Å². The fraction of sp³-hybridized carbons (Fsp3) is 0. The van der Waals surface area contributed by atoms with Crippen molar-refractivity contribution in [2.45, 2.75) is 0 Å². The second kappa shape index (κ2) is 18.4. The smallest absolute Gasteiger partial charge is 0.320 e. The van der Waals surface area contributed by atoms with Crippen molar-refractivity contribution in [1.82, 2.24) is 19.9 Å². The van der Waals surface area contributed by atoms with E-state index in [1.165, 1.54) is 20.7 Å². The largest absolute Gasteiger partial charge is 0.456 e. The lowest BCUT2D eigenvalue weighted by atomic mass is 10.1. The van der Waals surface area contributed by atoms with Crippen LogP contribution in [0.2, 0.25) is 0 Å². The first-order valence-corrected chi connectivity index (χ1v) is 30.0. The summed E-state index contributed by atoms with van der Waals surface area (Å²) >= 11 is 0. The molecule has 368 valence electrons. The second-order valence-electron chi connectivity index (χ2n) is 19.7. The highest BCUT2D eigenvalue weighted by Gasteiger charge is 2.76. The molecule has 0 unspecified atom stereocenters. The number of rotatable bonds is 10. The van der Waals surface area contributed by atoms with Gasteiger partial charge in [0.2, 0.25) is 0 Å². The Balaban J connectivity index is 1.08. The molecule has 1 saturated heterocycles. The van der Waals surface area contributed by atoms with E-state index < -0.39 is 16.8 Å². The first-order chi connectivity index (χ1) is 38.6. The van der Waals surface area contributed by atoms with Crippen molar-refractivity contribution in [2.75, 3.05) is 8.46 Å². The Morgan fingerprint density at radius 2 is 0.564 bits per heavy atom. The van der Waals surface area contributed by atoms with Crippen LogP contribution in [0, 0.1) is 0 Å². The number of furan rings is 2. The number of benzene rings is 10. The third kappa shape index (κ3) is 7.11. The molecule has 0 amide bonds. The minimum atomic E-state index is -3.65. The maximum absolute atomic E-state index is 6.38. The summed E-state index contributed by atoms with van der Waals surface area (Å²) in [5.41, 5.74) is 8.70. The van der Waals surface area contributed by atoms with E-state index in [1.54, 1.807) is 0 Å². The van der Waals surface area contributed by atoms with Gasteiger partial charge in [-0.3, -0.25) is 0 Å². The summed E-state index contributed by atoms with van der Waals surface area (Å²) in [6.45, 7) is 0. The van der Waals surface area contributed by atoms with Crippen LogP contribution in [0.15, 0.2) is 288 Å². The first-order valence-electron chi connectivity index (χ1n) is 26.2. The molecule has 0 bridgehead atoms. The zero-order valence-corrected chi connectivity index (χ0v) is 44.1. The lowest BCUT2D eigenvalue weighted by molar-refractivity contribution is 0.668. The maximum atomic E-state index is 6.38. The van der Waals surface area contributed by atoms with E-state index in [0.717, 1.165) is 89.2 Å². The molecule has 0 N–H and O–H groups in total. The predicted octanol–water partition coefficient (Wildman–Crippen LogP) is 13.6. The van der Waals surface area contributed by atoms with Crippen molar-refractivity contribution in [3.05, 3.63) is 279 Å². The fourth-order valence-corrected chi connectivity index (χ4v) is 26.9. The van der Waals surface area contributed by atoms with Crippen LogP contribution in [0.4, 0.5) is 11.6 Å². The lowest BCUT2D eigenvalue weighted by Crippen LogP contribution is -3.07. The molecule has 14 aromatic rings. The van der Waals surface area contributed by atoms with Crippen molar-refractivity contribution in [3.8, 4) is 45.3 Å². The van der Waals surface area contributed by atoms with E-state index in [2.05, 4.69) is 263 Å². The van der Waals surface area contributed by atoms with Gasteiger partial charge in [-0.2, -0.15) is 0 Å².